The van der Waals surface area contributed by atoms with Gasteiger partial charge in [0.15, 0.2) is 0 Å². The van der Waals surface area contributed by atoms with E-state index in [1.54, 1.807) is 0 Å². The lowest BCUT2D eigenvalue weighted by atomic mass is 10.1. The maximum Gasteiger partial charge on any atom is 0.263 e. The average Bonchev–Trinajstić information content (AvgIpc) is 3.12. The van der Waals surface area contributed by atoms with E-state index in [2.05, 4.69) is 15.6 Å². The molecule has 0 saturated carbocycles. The standard InChI is InChI=1S/C19H20N4O3S/c1-2-8-20-15(24)9-21-16(25)10-23-12-22-18-17(19(23)26)14(11-27-18)13-6-4-3-5-7-13/h3-7,11-12H,2,8-10H2,1H3,(H,20,24)(H,21,25). The van der Waals surface area contributed by atoms with E-state index in [1.165, 1.54) is 22.2 Å². The first-order valence-electron chi connectivity index (χ1n) is 8.65. The monoisotopic (exact) mass is 384 g/mol. The summed E-state index contributed by atoms with van der Waals surface area (Å²) >= 11 is 1.39. The molecule has 2 N–H and O–H groups in total. The van der Waals surface area contributed by atoms with E-state index >= 15 is 0 Å². The SMILES string of the molecule is CCCNC(=O)CNC(=O)Cn1cnc2scc(-c3ccccc3)c2c1=O. The Kier molecular flexibility index (Phi) is 5.97. The Hall–Kier alpha value is -3.00. The molecular formula is C19H20N4O3S. The minimum absolute atomic E-state index is 0.114. The maximum absolute atomic E-state index is 12.9. The van der Waals surface area contributed by atoms with Gasteiger partial charge in [-0.2, -0.15) is 0 Å². The van der Waals surface area contributed by atoms with E-state index in [4.69, 9.17) is 0 Å². The molecule has 2 aromatic heterocycles. The van der Waals surface area contributed by atoms with Gasteiger partial charge in [-0.1, -0.05) is 37.3 Å². The number of aromatic nitrogens is 2. The number of benzene rings is 1. The van der Waals surface area contributed by atoms with Crippen molar-refractivity contribution < 1.29 is 9.59 Å². The Labute approximate surface area is 160 Å². The van der Waals surface area contributed by atoms with Crippen LogP contribution in [0.1, 0.15) is 13.3 Å². The third-order valence-corrected chi connectivity index (χ3v) is 4.86. The summed E-state index contributed by atoms with van der Waals surface area (Å²) in [5.74, 6) is -0.670. The fourth-order valence-corrected chi connectivity index (χ4v) is 3.53. The predicted octanol–water partition coefficient (Wildman–Crippen LogP) is 1.77. The van der Waals surface area contributed by atoms with Crippen LogP contribution in [0.2, 0.25) is 0 Å². The van der Waals surface area contributed by atoms with Crippen molar-refractivity contribution >= 4 is 33.4 Å². The number of hydrogen-bond donors (Lipinski definition) is 2. The van der Waals surface area contributed by atoms with Crippen molar-refractivity contribution in [3.8, 4) is 11.1 Å². The lowest BCUT2D eigenvalue weighted by molar-refractivity contribution is -0.126. The van der Waals surface area contributed by atoms with Crippen molar-refractivity contribution in [3.05, 3.63) is 52.4 Å². The lowest BCUT2D eigenvalue weighted by Crippen LogP contribution is -2.39. The fraction of sp³-hybridized carbons (Fsp3) is 0.263. The van der Waals surface area contributed by atoms with Crippen molar-refractivity contribution in [2.75, 3.05) is 13.1 Å². The van der Waals surface area contributed by atoms with Crippen LogP contribution in [0.15, 0.2) is 46.8 Å². The molecular weight excluding hydrogens is 364 g/mol. The lowest BCUT2D eigenvalue weighted by Gasteiger charge is -2.08. The van der Waals surface area contributed by atoms with Gasteiger partial charge in [-0.15, -0.1) is 11.3 Å². The first-order valence-corrected chi connectivity index (χ1v) is 9.53. The van der Waals surface area contributed by atoms with Crippen molar-refractivity contribution in [2.45, 2.75) is 19.9 Å². The molecule has 0 saturated heterocycles. The summed E-state index contributed by atoms with van der Waals surface area (Å²) in [4.78, 5) is 41.5. The molecule has 0 aliphatic heterocycles. The molecule has 0 spiro atoms. The molecule has 1 aromatic carbocycles. The van der Waals surface area contributed by atoms with Crippen molar-refractivity contribution in [3.63, 3.8) is 0 Å². The number of carbonyl (C=O) groups excluding carboxylic acids is 2. The number of nitrogens with zero attached hydrogens (tertiary/aromatic N) is 2. The topological polar surface area (TPSA) is 93.1 Å². The maximum atomic E-state index is 12.9. The minimum atomic E-state index is -0.415. The first-order chi connectivity index (χ1) is 13.1. The molecule has 0 atom stereocenters. The zero-order valence-electron chi connectivity index (χ0n) is 14.9. The Morgan fingerprint density at radius 3 is 2.67 bits per heavy atom. The molecule has 7 nitrogen and oxygen atoms in total. The molecule has 2 heterocycles. The summed E-state index contributed by atoms with van der Waals surface area (Å²) in [5, 5.41) is 7.60. The second-order valence-corrected chi connectivity index (χ2v) is 6.86. The van der Waals surface area contributed by atoms with Gasteiger partial charge in [-0.3, -0.25) is 19.0 Å². The summed E-state index contributed by atoms with van der Waals surface area (Å²) in [6.07, 6.45) is 2.19. The van der Waals surface area contributed by atoms with E-state index in [0.29, 0.717) is 16.8 Å². The van der Waals surface area contributed by atoms with Gasteiger partial charge in [-0.05, 0) is 12.0 Å². The van der Waals surface area contributed by atoms with Gasteiger partial charge in [0.05, 0.1) is 18.3 Å². The third kappa shape index (κ3) is 4.40. The molecule has 0 aliphatic carbocycles. The number of nitrogens with one attached hydrogen (secondary N) is 2. The molecule has 140 valence electrons. The normalized spacial score (nSPS) is 10.7. The molecule has 0 fully saturated rings. The summed E-state index contributed by atoms with van der Waals surface area (Å²) in [5.41, 5.74) is 1.46. The highest BCUT2D eigenvalue weighted by atomic mass is 32.1. The van der Waals surface area contributed by atoms with E-state index in [9.17, 15) is 14.4 Å². The zero-order chi connectivity index (χ0) is 19.2. The molecule has 3 rings (SSSR count). The van der Waals surface area contributed by atoms with E-state index in [0.717, 1.165) is 17.5 Å². The second-order valence-electron chi connectivity index (χ2n) is 6.00. The van der Waals surface area contributed by atoms with Crippen LogP contribution in [-0.2, 0) is 16.1 Å². The van der Waals surface area contributed by atoms with Crippen LogP contribution in [-0.4, -0.2) is 34.5 Å². The van der Waals surface area contributed by atoms with Crippen LogP contribution in [0.3, 0.4) is 0 Å². The van der Waals surface area contributed by atoms with Gasteiger partial charge >= 0.3 is 0 Å². The number of carbonyl (C=O) groups is 2. The molecule has 0 aliphatic rings. The van der Waals surface area contributed by atoms with Crippen LogP contribution >= 0.6 is 11.3 Å². The van der Waals surface area contributed by atoms with Gasteiger partial charge in [0.25, 0.3) is 5.56 Å². The highest BCUT2D eigenvalue weighted by Crippen LogP contribution is 2.30. The van der Waals surface area contributed by atoms with E-state index in [1.807, 2.05) is 42.6 Å². The number of rotatable bonds is 7. The summed E-state index contributed by atoms with van der Waals surface area (Å²) < 4.78 is 1.26. The van der Waals surface area contributed by atoms with Gasteiger partial charge in [0, 0.05) is 17.5 Å². The number of thiophene rings is 1. The van der Waals surface area contributed by atoms with Gasteiger partial charge < -0.3 is 10.6 Å². The Morgan fingerprint density at radius 2 is 1.93 bits per heavy atom. The van der Waals surface area contributed by atoms with Crippen LogP contribution in [0.25, 0.3) is 21.3 Å². The highest BCUT2D eigenvalue weighted by Gasteiger charge is 2.14. The predicted molar refractivity (Wildman–Crippen MR) is 106 cm³/mol. The van der Waals surface area contributed by atoms with Gasteiger partial charge in [0.2, 0.25) is 11.8 Å². The fourth-order valence-electron chi connectivity index (χ4n) is 2.63. The van der Waals surface area contributed by atoms with Gasteiger partial charge in [0.1, 0.15) is 11.4 Å². The third-order valence-electron chi connectivity index (χ3n) is 3.98. The molecule has 0 bridgehead atoms. The molecule has 0 radical (unpaired) electrons. The molecule has 2 amide bonds. The van der Waals surface area contributed by atoms with Crippen LogP contribution in [0, 0.1) is 0 Å². The van der Waals surface area contributed by atoms with E-state index < -0.39 is 5.91 Å². The number of amides is 2. The number of hydrogen-bond acceptors (Lipinski definition) is 5. The highest BCUT2D eigenvalue weighted by molar-refractivity contribution is 7.17. The second kappa shape index (κ2) is 8.59. The van der Waals surface area contributed by atoms with Crippen LogP contribution in [0.4, 0.5) is 0 Å². The van der Waals surface area contributed by atoms with Crippen LogP contribution < -0.4 is 16.2 Å². The van der Waals surface area contributed by atoms with Crippen molar-refractivity contribution in [2.24, 2.45) is 0 Å². The van der Waals surface area contributed by atoms with E-state index in [-0.39, 0.29) is 24.6 Å². The van der Waals surface area contributed by atoms with Crippen molar-refractivity contribution in [1.82, 2.24) is 20.2 Å². The average molecular weight is 384 g/mol. The zero-order valence-corrected chi connectivity index (χ0v) is 15.7. The Balaban J connectivity index is 1.78. The molecule has 0 unspecified atom stereocenters. The largest absolute Gasteiger partial charge is 0.355 e. The number of fused-ring (bicyclic) bond motifs is 1. The smallest absolute Gasteiger partial charge is 0.263 e. The summed E-state index contributed by atoms with van der Waals surface area (Å²) in [7, 11) is 0. The first kappa shape index (κ1) is 18.8. The quantitative estimate of drug-likeness (QED) is 0.649. The van der Waals surface area contributed by atoms with Crippen LogP contribution in [0.5, 0.6) is 0 Å². The van der Waals surface area contributed by atoms with Crippen molar-refractivity contribution in [1.29, 1.82) is 0 Å². The Bertz CT molecular complexity index is 1010. The molecule has 3 aromatic rings. The molecule has 27 heavy (non-hydrogen) atoms. The summed E-state index contributed by atoms with van der Waals surface area (Å²) in [6, 6.07) is 9.59. The minimum Gasteiger partial charge on any atom is -0.355 e. The van der Waals surface area contributed by atoms with Gasteiger partial charge in [-0.25, -0.2) is 4.98 Å². The Morgan fingerprint density at radius 1 is 1.15 bits per heavy atom. The summed E-state index contributed by atoms with van der Waals surface area (Å²) in [6.45, 7) is 2.21. The molecule has 8 heteroatoms.